The fourth-order valence-electron chi connectivity index (χ4n) is 3.10. The van der Waals surface area contributed by atoms with Gasteiger partial charge in [-0.2, -0.15) is 0 Å². The maximum Gasteiger partial charge on any atom is 0.191 e. The predicted octanol–water partition coefficient (Wildman–Crippen LogP) is 2.28. The zero-order valence-electron chi connectivity index (χ0n) is 12.2. The van der Waals surface area contributed by atoms with Gasteiger partial charge in [-0.05, 0) is 45.2 Å². The summed E-state index contributed by atoms with van der Waals surface area (Å²) in [6.07, 6.45) is 7.85. The van der Waals surface area contributed by atoms with Gasteiger partial charge in [0.2, 0.25) is 0 Å². The highest BCUT2D eigenvalue weighted by atomic mass is 127. The lowest BCUT2D eigenvalue weighted by Gasteiger charge is -2.34. The summed E-state index contributed by atoms with van der Waals surface area (Å²) in [5, 5.41) is 0. The molecular weight excluding hydrogens is 351 g/mol. The number of hydrogen-bond acceptors (Lipinski definition) is 2. The molecule has 0 radical (unpaired) electrons. The third-order valence-electron chi connectivity index (χ3n) is 4.30. The van der Waals surface area contributed by atoms with Crippen LogP contribution in [0.3, 0.4) is 0 Å². The summed E-state index contributed by atoms with van der Waals surface area (Å²) >= 11 is 0. The second-order valence-corrected chi connectivity index (χ2v) is 5.52. The Morgan fingerprint density at radius 3 is 2.47 bits per heavy atom. The van der Waals surface area contributed by atoms with E-state index in [1.54, 1.807) is 0 Å². The van der Waals surface area contributed by atoms with Gasteiger partial charge in [-0.15, -0.1) is 24.0 Å². The van der Waals surface area contributed by atoms with Crippen molar-refractivity contribution in [2.24, 2.45) is 10.7 Å². The standard InChI is InChI=1S/C14H28N4.HI/c1-2-17-9-7-4-8-13(17)12-16-14(15)18-10-5-3-6-11-18;/h13H,2-12H2,1H3,(H2,15,16);1H. The minimum Gasteiger partial charge on any atom is -0.370 e. The summed E-state index contributed by atoms with van der Waals surface area (Å²) in [7, 11) is 0. The quantitative estimate of drug-likeness (QED) is 0.464. The highest BCUT2D eigenvalue weighted by Gasteiger charge is 2.21. The van der Waals surface area contributed by atoms with Gasteiger partial charge in [0, 0.05) is 19.1 Å². The molecule has 0 bridgehead atoms. The van der Waals surface area contributed by atoms with Crippen molar-refractivity contribution < 1.29 is 0 Å². The second-order valence-electron chi connectivity index (χ2n) is 5.52. The summed E-state index contributed by atoms with van der Waals surface area (Å²) in [4.78, 5) is 9.45. The number of halogens is 1. The molecule has 2 saturated heterocycles. The number of piperidine rings is 2. The third kappa shape index (κ3) is 5.10. The molecular formula is C14H29IN4. The van der Waals surface area contributed by atoms with Crippen molar-refractivity contribution in [3.05, 3.63) is 0 Å². The first-order valence-electron chi connectivity index (χ1n) is 7.60. The summed E-state index contributed by atoms with van der Waals surface area (Å²) in [5.74, 6) is 0.774. The smallest absolute Gasteiger partial charge is 0.191 e. The molecule has 2 fully saturated rings. The monoisotopic (exact) mass is 380 g/mol. The van der Waals surface area contributed by atoms with Crippen LogP contribution in [0.2, 0.25) is 0 Å². The van der Waals surface area contributed by atoms with Gasteiger partial charge in [-0.3, -0.25) is 9.89 Å². The van der Waals surface area contributed by atoms with E-state index < -0.39 is 0 Å². The third-order valence-corrected chi connectivity index (χ3v) is 4.30. The molecule has 0 saturated carbocycles. The van der Waals surface area contributed by atoms with Crippen molar-refractivity contribution in [3.8, 4) is 0 Å². The zero-order valence-corrected chi connectivity index (χ0v) is 14.5. The predicted molar refractivity (Wildman–Crippen MR) is 92.2 cm³/mol. The minimum absolute atomic E-state index is 0. The number of aliphatic imine (C=N–C) groups is 1. The SMILES string of the molecule is CCN1CCCCC1CN=C(N)N1CCCCC1.I. The number of likely N-dealkylation sites (tertiary alicyclic amines) is 2. The molecule has 0 spiro atoms. The lowest BCUT2D eigenvalue weighted by atomic mass is 10.0. The molecule has 5 heteroatoms. The number of nitrogens with two attached hydrogens (primary N) is 1. The second kappa shape index (κ2) is 9.00. The molecule has 4 nitrogen and oxygen atoms in total. The van der Waals surface area contributed by atoms with Crippen LogP contribution in [-0.4, -0.2) is 54.5 Å². The fraction of sp³-hybridized carbons (Fsp3) is 0.929. The Kier molecular flexibility index (Phi) is 8.06. The van der Waals surface area contributed by atoms with E-state index in [-0.39, 0.29) is 24.0 Å². The maximum absolute atomic E-state index is 6.11. The van der Waals surface area contributed by atoms with E-state index in [2.05, 4.69) is 21.7 Å². The molecule has 0 aliphatic carbocycles. The van der Waals surface area contributed by atoms with Crippen molar-refractivity contribution in [2.75, 3.05) is 32.7 Å². The molecule has 0 aromatic rings. The molecule has 2 aliphatic rings. The first-order valence-corrected chi connectivity index (χ1v) is 7.60. The van der Waals surface area contributed by atoms with Crippen LogP contribution in [0, 0.1) is 0 Å². The summed E-state index contributed by atoms with van der Waals surface area (Å²) in [5.41, 5.74) is 6.11. The van der Waals surface area contributed by atoms with E-state index in [1.165, 1.54) is 45.1 Å². The number of likely N-dealkylation sites (N-methyl/N-ethyl adjacent to an activating group) is 1. The lowest BCUT2D eigenvalue weighted by molar-refractivity contribution is 0.161. The van der Waals surface area contributed by atoms with Gasteiger partial charge < -0.3 is 10.6 Å². The van der Waals surface area contributed by atoms with Crippen molar-refractivity contribution in [1.29, 1.82) is 0 Å². The van der Waals surface area contributed by atoms with Gasteiger partial charge in [-0.1, -0.05) is 13.3 Å². The Morgan fingerprint density at radius 1 is 1.11 bits per heavy atom. The van der Waals surface area contributed by atoms with Crippen LogP contribution < -0.4 is 5.73 Å². The maximum atomic E-state index is 6.11. The van der Waals surface area contributed by atoms with Gasteiger partial charge in [0.15, 0.2) is 5.96 Å². The van der Waals surface area contributed by atoms with Crippen molar-refractivity contribution in [1.82, 2.24) is 9.80 Å². The highest BCUT2D eigenvalue weighted by molar-refractivity contribution is 14.0. The van der Waals surface area contributed by atoms with Crippen molar-refractivity contribution in [3.63, 3.8) is 0 Å². The average molecular weight is 380 g/mol. The van der Waals surface area contributed by atoms with E-state index in [1.807, 2.05) is 0 Å². The number of rotatable bonds is 3. The molecule has 2 aliphatic heterocycles. The van der Waals surface area contributed by atoms with Crippen molar-refractivity contribution >= 4 is 29.9 Å². The van der Waals surface area contributed by atoms with Gasteiger partial charge in [0.1, 0.15) is 0 Å². The normalized spacial score (nSPS) is 26.1. The molecule has 0 amide bonds. The summed E-state index contributed by atoms with van der Waals surface area (Å²) in [6, 6.07) is 0.618. The molecule has 19 heavy (non-hydrogen) atoms. The largest absolute Gasteiger partial charge is 0.370 e. The topological polar surface area (TPSA) is 44.9 Å². The Balaban J connectivity index is 0.00000180. The van der Waals surface area contributed by atoms with Crippen LogP contribution in [0.5, 0.6) is 0 Å². The van der Waals surface area contributed by atoms with Crippen LogP contribution in [0.15, 0.2) is 4.99 Å². The number of nitrogens with zero attached hydrogens (tertiary/aromatic N) is 3. The number of guanidine groups is 1. The Morgan fingerprint density at radius 2 is 1.79 bits per heavy atom. The molecule has 1 unspecified atom stereocenters. The van der Waals surface area contributed by atoms with E-state index in [0.29, 0.717) is 6.04 Å². The van der Waals surface area contributed by atoms with Gasteiger partial charge in [0.25, 0.3) is 0 Å². The van der Waals surface area contributed by atoms with Crippen molar-refractivity contribution in [2.45, 2.75) is 51.5 Å². The molecule has 112 valence electrons. The van der Waals surface area contributed by atoms with Gasteiger partial charge in [-0.25, -0.2) is 0 Å². The van der Waals surface area contributed by atoms with Crippen LogP contribution in [0.4, 0.5) is 0 Å². The summed E-state index contributed by atoms with van der Waals surface area (Å²) in [6.45, 7) is 7.70. The molecule has 2 N–H and O–H groups in total. The molecule has 2 rings (SSSR count). The average Bonchev–Trinajstić information content (AvgIpc) is 2.46. The van der Waals surface area contributed by atoms with E-state index in [4.69, 9.17) is 5.73 Å². The van der Waals surface area contributed by atoms with Crippen LogP contribution in [0.25, 0.3) is 0 Å². The van der Waals surface area contributed by atoms with Crippen LogP contribution in [0.1, 0.15) is 45.4 Å². The summed E-state index contributed by atoms with van der Waals surface area (Å²) < 4.78 is 0. The molecule has 1 atom stereocenters. The lowest BCUT2D eigenvalue weighted by Crippen LogP contribution is -2.44. The number of hydrogen-bond donors (Lipinski definition) is 1. The van der Waals surface area contributed by atoms with Gasteiger partial charge >= 0.3 is 0 Å². The Hall–Kier alpha value is -0.0400. The first kappa shape index (κ1) is 17.0. The first-order chi connectivity index (χ1) is 8.81. The minimum atomic E-state index is 0. The Bertz CT molecular complexity index is 277. The van der Waals surface area contributed by atoms with E-state index in [9.17, 15) is 0 Å². The molecule has 2 heterocycles. The van der Waals surface area contributed by atoms with Crippen LogP contribution in [-0.2, 0) is 0 Å². The van der Waals surface area contributed by atoms with E-state index >= 15 is 0 Å². The Labute approximate surface area is 134 Å². The molecule has 0 aromatic heterocycles. The van der Waals surface area contributed by atoms with Crippen LogP contribution >= 0.6 is 24.0 Å². The molecule has 0 aromatic carbocycles. The van der Waals surface area contributed by atoms with Gasteiger partial charge in [0.05, 0.1) is 6.54 Å². The van der Waals surface area contributed by atoms with E-state index in [0.717, 1.165) is 32.1 Å². The zero-order chi connectivity index (χ0) is 12.8. The fourth-order valence-corrected chi connectivity index (χ4v) is 3.10. The highest BCUT2D eigenvalue weighted by Crippen LogP contribution is 2.17.